The Morgan fingerprint density at radius 1 is 1.56 bits per heavy atom. The first kappa shape index (κ1) is 15.7. The molecule has 1 aliphatic rings. The lowest BCUT2D eigenvalue weighted by Gasteiger charge is -2.06. The molecule has 1 aromatic heterocycles. The smallest absolute Gasteiger partial charge is 0.244 e. The van der Waals surface area contributed by atoms with Crippen molar-refractivity contribution in [3.63, 3.8) is 0 Å². The third kappa shape index (κ3) is 4.38. The molecule has 1 atom stereocenters. The summed E-state index contributed by atoms with van der Waals surface area (Å²) < 4.78 is 0. The minimum Gasteiger partial charge on any atom is -0.299 e. The molecule has 0 saturated carbocycles. The number of anilines is 1. The standard InChI is InChI=1S/C10H16N4OS2.ClH/c1-2-3-4-8-13-14-10(17-8)12-9(15)7-5-16-6-11-7;/h7,11H,2-6H2,1H3,(H,12,14,15);1H. The van der Waals surface area contributed by atoms with Gasteiger partial charge in [-0.15, -0.1) is 34.4 Å². The summed E-state index contributed by atoms with van der Waals surface area (Å²) in [5.41, 5.74) is 0. The van der Waals surface area contributed by atoms with Crippen LogP contribution in [0.3, 0.4) is 0 Å². The lowest BCUT2D eigenvalue weighted by atomic mass is 10.3. The van der Waals surface area contributed by atoms with Crippen LogP contribution in [0, 0.1) is 0 Å². The summed E-state index contributed by atoms with van der Waals surface area (Å²) in [4.78, 5) is 11.8. The van der Waals surface area contributed by atoms with Gasteiger partial charge in [0, 0.05) is 18.1 Å². The highest BCUT2D eigenvalue weighted by atomic mass is 35.5. The van der Waals surface area contributed by atoms with Crippen molar-refractivity contribution in [1.29, 1.82) is 0 Å². The first-order valence-corrected chi connectivity index (χ1v) is 7.71. The van der Waals surface area contributed by atoms with Crippen LogP contribution in [0.2, 0.25) is 0 Å². The molecule has 8 heteroatoms. The summed E-state index contributed by atoms with van der Waals surface area (Å²) in [6, 6.07) is -0.0945. The van der Waals surface area contributed by atoms with Gasteiger partial charge in [-0.3, -0.25) is 15.4 Å². The number of rotatable bonds is 5. The lowest BCUT2D eigenvalue weighted by Crippen LogP contribution is -2.37. The van der Waals surface area contributed by atoms with Crippen LogP contribution in [-0.4, -0.2) is 33.8 Å². The highest BCUT2D eigenvalue weighted by molar-refractivity contribution is 7.99. The summed E-state index contributed by atoms with van der Waals surface area (Å²) in [6.07, 6.45) is 3.20. The fraction of sp³-hybridized carbons (Fsp3) is 0.700. The number of amides is 1. The molecule has 102 valence electrons. The van der Waals surface area contributed by atoms with Crippen molar-refractivity contribution >= 4 is 46.5 Å². The molecule has 0 bridgehead atoms. The Hall–Kier alpha value is -0.370. The number of halogens is 1. The maximum atomic E-state index is 11.8. The summed E-state index contributed by atoms with van der Waals surface area (Å²) in [5.74, 6) is 1.66. The average Bonchev–Trinajstić information content (AvgIpc) is 2.97. The average molecular weight is 309 g/mol. The zero-order valence-electron chi connectivity index (χ0n) is 10.1. The number of unbranched alkanes of at least 4 members (excludes halogenated alkanes) is 1. The molecule has 1 aromatic rings. The number of nitrogens with one attached hydrogen (secondary N) is 2. The molecule has 1 amide bonds. The summed E-state index contributed by atoms with van der Waals surface area (Å²) in [5, 5.41) is 15.6. The van der Waals surface area contributed by atoms with Crippen molar-refractivity contribution in [2.75, 3.05) is 16.9 Å². The number of thioether (sulfide) groups is 1. The van der Waals surface area contributed by atoms with Crippen LogP contribution in [-0.2, 0) is 11.2 Å². The van der Waals surface area contributed by atoms with Gasteiger partial charge < -0.3 is 0 Å². The van der Waals surface area contributed by atoms with Gasteiger partial charge in [0.05, 0.1) is 6.04 Å². The van der Waals surface area contributed by atoms with E-state index in [0.717, 1.165) is 35.9 Å². The number of aryl methyl sites for hydroxylation is 1. The van der Waals surface area contributed by atoms with E-state index in [0.29, 0.717) is 5.13 Å². The quantitative estimate of drug-likeness (QED) is 0.869. The van der Waals surface area contributed by atoms with E-state index < -0.39 is 0 Å². The Morgan fingerprint density at radius 3 is 3.06 bits per heavy atom. The molecular weight excluding hydrogens is 292 g/mol. The van der Waals surface area contributed by atoms with Gasteiger partial charge in [-0.05, 0) is 6.42 Å². The molecule has 0 aromatic carbocycles. The van der Waals surface area contributed by atoms with Crippen LogP contribution in [0.1, 0.15) is 24.8 Å². The third-order valence-electron chi connectivity index (χ3n) is 2.47. The van der Waals surface area contributed by atoms with Crippen molar-refractivity contribution in [1.82, 2.24) is 15.5 Å². The maximum absolute atomic E-state index is 11.8. The van der Waals surface area contributed by atoms with Crippen LogP contribution in [0.15, 0.2) is 0 Å². The molecule has 18 heavy (non-hydrogen) atoms. The van der Waals surface area contributed by atoms with Gasteiger partial charge in [0.1, 0.15) is 5.01 Å². The van der Waals surface area contributed by atoms with Crippen LogP contribution in [0.25, 0.3) is 0 Å². The van der Waals surface area contributed by atoms with Crippen LogP contribution in [0.5, 0.6) is 0 Å². The second kappa shape index (κ2) is 7.93. The predicted molar refractivity (Wildman–Crippen MR) is 78.6 cm³/mol. The molecule has 0 radical (unpaired) electrons. The van der Waals surface area contributed by atoms with Gasteiger partial charge in [0.2, 0.25) is 11.0 Å². The fourth-order valence-electron chi connectivity index (χ4n) is 1.49. The molecule has 1 aliphatic heterocycles. The summed E-state index contributed by atoms with van der Waals surface area (Å²) >= 11 is 3.20. The van der Waals surface area contributed by atoms with E-state index in [1.165, 1.54) is 11.3 Å². The molecule has 2 N–H and O–H groups in total. The third-order valence-corrected chi connectivity index (χ3v) is 4.31. The van der Waals surface area contributed by atoms with Crippen LogP contribution >= 0.6 is 35.5 Å². The lowest BCUT2D eigenvalue weighted by molar-refractivity contribution is -0.117. The highest BCUT2D eigenvalue weighted by Crippen LogP contribution is 2.18. The molecule has 1 unspecified atom stereocenters. The molecule has 0 spiro atoms. The topological polar surface area (TPSA) is 66.9 Å². The zero-order chi connectivity index (χ0) is 12.1. The van der Waals surface area contributed by atoms with E-state index >= 15 is 0 Å². The normalized spacial score (nSPS) is 18.4. The minimum absolute atomic E-state index is 0. The van der Waals surface area contributed by atoms with Gasteiger partial charge in [-0.1, -0.05) is 24.7 Å². The van der Waals surface area contributed by atoms with Crippen LogP contribution in [0.4, 0.5) is 5.13 Å². The molecule has 2 heterocycles. The number of aromatic nitrogens is 2. The Kier molecular flexibility index (Phi) is 6.91. The number of carbonyl (C=O) groups excluding carboxylic acids is 1. The van der Waals surface area contributed by atoms with E-state index in [-0.39, 0.29) is 24.4 Å². The maximum Gasteiger partial charge on any atom is 0.244 e. The molecular formula is C10H17ClN4OS2. The zero-order valence-corrected chi connectivity index (χ0v) is 12.6. The van der Waals surface area contributed by atoms with Crippen molar-refractivity contribution in [3.05, 3.63) is 5.01 Å². The fourth-order valence-corrected chi connectivity index (χ4v) is 3.22. The Labute approximate surface area is 121 Å². The number of hydrogen-bond donors (Lipinski definition) is 2. The van der Waals surface area contributed by atoms with Gasteiger partial charge in [-0.25, -0.2) is 0 Å². The molecule has 2 rings (SSSR count). The van der Waals surface area contributed by atoms with Gasteiger partial charge in [0.25, 0.3) is 0 Å². The molecule has 1 saturated heterocycles. The molecule has 1 fully saturated rings. The monoisotopic (exact) mass is 308 g/mol. The number of carbonyl (C=O) groups is 1. The largest absolute Gasteiger partial charge is 0.299 e. The Bertz CT molecular complexity index is 382. The van der Waals surface area contributed by atoms with Crippen molar-refractivity contribution < 1.29 is 4.79 Å². The first-order chi connectivity index (χ1) is 8.29. The second-order valence-electron chi connectivity index (χ2n) is 3.87. The van der Waals surface area contributed by atoms with Crippen LogP contribution < -0.4 is 10.6 Å². The van der Waals surface area contributed by atoms with E-state index in [2.05, 4.69) is 27.8 Å². The van der Waals surface area contributed by atoms with E-state index in [9.17, 15) is 4.79 Å². The molecule has 0 aliphatic carbocycles. The SMILES string of the molecule is CCCCc1nnc(NC(=O)C2CSCN2)s1.Cl. The van der Waals surface area contributed by atoms with Crippen molar-refractivity contribution in [3.8, 4) is 0 Å². The summed E-state index contributed by atoms with van der Waals surface area (Å²) in [6.45, 7) is 2.15. The van der Waals surface area contributed by atoms with Gasteiger partial charge in [0.15, 0.2) is 0 Å². The van der Waals surface area contributed by atoms with Crippen molar-refractivity contribution in [2.24, 2.45) is 0 Å². The van der Waals surface area contributed by atoms with Crippen molar-refractivity contribution in [2.45, 2.75) is 32.2 Å². The van der Waals surface area contributed by atoms with E-state index in [1.807, 2.05) is 0 Å². The van der Waals surface area contributed by atoms with E-state index in [4.69, 9.17) is 0 Å². The summed E-state index contributed by atoms with van der Waals surface area (Å²) in [7, 11) is 0. The second-order valence-corrected chi connectivity index (χ2v) is 5.96. The highest BCUT2D eigenvalue weighted by Gasteiger charge is 2.23. The minimum atomic E-state index is -0.0945. The predicted octanol–water partition coefficient (Wildman–Crippen LogP) is 1.90. The Balaban J connectivity index is 0.00000162. The first-order valence-electron chi connectivity index (χ1n) is 5.74. The van der Waals surface area contributed by atoms with Gasteiger partial charge in [-0.2, -0.15) is 0 Å². The number of hydrogen-bond acceptors (Lipinski definition) is 6. The van der Waals surface area contributed by atoms with E-state index in [1.54, 1.807) is 11.8 Å². The van der Waals surface area contributed by atoms with Gasteiger partial charge >= 0.3 is 0 Å². The molecule has 5 nitrogen and oxygen atoms in total. The number of nitrogens with zero attached hydrogens (tertiary/aromatic N) is 2. The Morgan fingerprint density at radius 2 is 2.39 bits per heavy atom.